The fourth-order valence-corrected chi connectivity index (χ4v) is 2.65. The van der Waals surface area contributed by atoms with Crippen LogP contribution in [0, 0.1) is 5.92 Å². The van der Waals surface area contributed by atoms with Crippen molar-refractivity contribution in [1.29, 1.82) is 0 Å². The highest BCUT2D eigenvalue weighted by Crippen LogP contribution is 2.10. The molecule has 1 rings (SSSR count). The zero-order valence-corrected chi connectivity index (χ0v) is 12.8. The van der Waals surface area contributed by atoms with Crippen molar-refractivity contribution in [3.63, 3.8) is 0 Å². The van der Waals surface area contributed by atoms with Crippen LogP contribution in [0.25, 0.3) is 0 Å². The Bertz CT molecular complexity index is 235. The number of piperidine rings is 1. The van der Waals surface area contributed by atoms with E-state index in [1.165, 1.54) is 38.5 Å². The molecule has 1 fully saturated rings. The van der Waals surface area contributed by atoms with Crippen molar-refractivity contribution >= 4 is 5.91 Å². The standard InChI is InChI=1S/C16H32N2O/c1-14(2)9-5-3-4-7-12-18-16(19)13-15-10-6-8-11-17-15/h14-15,17H,3-13H2,1-2H3,(H,18,19). The van der Waals surface area contributed by atoms with Gasteiger partial charge in [-0.25, -0.2) is 0 Å². The number of hydrogen-bond donors (Lipinski definition) is 2. The van der Waals surface area contributed by atoms with E-state index in [0.29, 0.717) is 12.5 Å². The molecule has 1 unspecified atom stereocenters. The number of nitrogens with one attached hydrogen (secondary N) is 2. The summed E-state index contributed by atoms with van der Waals surface area (Å²) in [5.74, 6) is 1.05. The fraction of sp³-hybridized carbons (Fsp3) is 0.938. The van der Waals surface area contributed by atoms with Crippen molar-refractivity contribution in [2.24, 2.45) is 5.92 Å². The zero-order chi connectivity index (χ0) is 13.9. The normalized spacial score (nSPS) is 19.6. The molecular weight excluding hydrogens is 236 g/mol. The van der Waals surface area contributed by atoms with Crippen LogP contribution in [0.15, 0.2) is 0 Å². The molecule has 1 aliphatic rings. The zero-order valence-electron chi connectivity index (χ0n) is 12.8. The number of amides is 1. The van der Waals surface area contributed by atoms with Gasteiger partial charge in [-0.1, -0.05) is 46.0 Å². The van der Waals surface area contributed by atoms with Gasteiger partial charge in [-0.15, -0.1) is 0 Å². The molecule has 3 heteroatoms. The van der Waals surface area contributed by atoms with Gasteiger partial charge in [0.05, 0.1) is 0 Å². The number of rotatable bonds is 9. The lowest BCUT2D eigenvalue weighted by Gasteiger charge is -2.22. The van der Waals surface area contributed by atoms with E-state index in [4.69, 9.17) is 0 Å². The molecule has 1 aliphatic heterocycles. The quantitative estimate of drug-likeness (QED) is 0.630. The van der Waals surface area contributed by atoms with Gasteiger partial charge in [0, 0.05) is 19.0 Å². The maximum atomic E-state index is 11.7. The molecule has 1 atom stereocenters. The second-order valence-corrected chi connectivity index (χ2v) is 6.30. The van der Waals surface area contributed by atoms with Crippen molar-refractivity contribution in [3.8, 4) is 0 Å². The molecule has 1 amide bonds. The van der Waals surface area contributed by atoms with E-state index in [1.807, 2.05) is 0 Å². The van der Waals surface area contributed by atoms with Crippen LogP contribution in [0.1, 0.15) is 71.6 Å². The van der Waals surface area contributed by atoms with E-state index in [9.17, 15) is 4.79 Å². The summed E-state index contributed by atoms with van der Waals surface area (Å²) < 4.78 is 0. The first-order valence-corrected chi connectivity index (χ1v) is 8.18. The van der Waals surface area contributed by atoms with E-state index in [0.717, 1.165) is 31.8 Å². The lowest BCUT2D eigenvalue weighted by molar-refractivity contribution is -0.121. The molecule has 0 aromatic rings. The highest BCUT2D eigenvalue weighted by atomic mass is 16.1. The second kappa shape index (κ2) is 10.2. The molecule has 1 saturated heterocycles. The molecule has 0 aliphatic carbocycles. The first-order valence-electron chi connectivity index (χ1n) is 8.18. The predicted molar refractivity (Wildman–Crippen MR) is 81.2 cm³/mol. The third-order valence-corrected chi connectivity index (χ3v) is 3.87. The van der Waals surface area contributed by atoms with Crippen LogP contribution in [-0.4, -0.2) is 25.0 Å². The summed E-state index contributed by atoms with van der Waals surface area (Å²) in [5.41, 5.74) is 0. The van der Waals surface area contributed by atoms with E-state index in [2.05, 4.69) is 24.5 Å². The van der Waals surface area contributed by atoms with Gasteiger partial charge in [0.2, 0.25) is 5.91 Å². The maximum Gasteiger partial charge on any atom is 0.221 e. The smallest absolute Gasteiger partial charge is 0.221 e. The molecular formula is C16H32N2O. The van der Waals surface area contributed by atoms with Crippen molar-refractivity contribution in [2.45, 2.75) is 77.7 Å². The first kappa shape index (κ1) is 16.5. The average Bonchev–Trinajstić information content (AvgIpc) is 2.38. The van der Waals surface area contributed by atoms with Crippen LogP contribution in [0.4, 0.5) is 0 Å². The second-order valence-electron chi connectivity index (χ2n) is 6.30. The fourth-order valence-electron chi connectivity index (χ4n) is 2.65. The summed E-state index contributed by atoms with van der Waals surface area (Å²) >= 11 is 0. The van der Waals surface area contributed by atoms with Crippen LogP contribution in [-0.2, 0) is 4.79 Å². The van der Waals surface area contributed by atoms with E-state index in [1.54, 1.807) is 0 Å². The number of carbonyl (C=O) groups is 1. The third-order valence-electron chi connectivity index (χ3n) is 3.87. The van der Waals surface area contributed by atoms with Gasteiger partial charge in [-0.2, -0.15) is 0 Å². The van der Waals surface area contributed by atoms with Crippen LogP contribution in [0.3, 0.4) is 0 Å². The number of hydrogen-bond acceptors (Lipinski definition) is 2. The van der Waals surface area contributed by atoms with Crippen LogP contribution >= 0.6 is 0 Å². The predicted octanol–water partition coefficient (Wildman–Crippen LogP) is 3.24. The Morgan fingerprint density at radius 2 is 2.00 bits per heavy atom. The monoisotopic (exact) mass is 268 g/mol. The average molecular weight is 268 g/mol. The Morgan fingerprint density at radius 3 is 2.68 bits per heavy atom. The Hall–Kier alpha value is -0.570. The summed E-state index contributed by atoms with van der Waals surface area (Å²) in [6.07, 6.45) is 10.7. The third kappa shape index (κ3) is 9.04. The topological polar surface area (TPSA) is 41.1 Å². The van der Waals surface area contributed by atoms with Crippen molar-refractivity contribution in [2.75, 3.05) is 13.1 Å². The van der Waals surface area contributed by atoms with E-state index < -0.39 is 0 Å². The number of carbonyl (C=O) groups excluding carboxylic acids is 1. The molecule has 19 heavy (non-hydrogen) atoms. The van der Waals surface area contributed by atoms with Gasteiger partial charge in [0.1, 0.15) is 0 Å². The molecule has 0 aromatic carbocycles. The highest BCUT2D eigenvalue weighted by Gasteiger charge is 2.15. The molecule has 3 nitrogen and oxygen atoms in total. The minimum Gasteiger partial charge on any atom is -0.356 e. The molecule has 0 bridgehead atoms. The SMILES string of the molecule is CC(C)CCCCCCNC(=O)CC1CCCCN1. The Labute approximate surface area is 118 Å². The van der Waals surface area contributed by atoms with Gasteiger partial charge in [-0.05, 0) is 31.7 Å². The van der Waals surface area contributed by atoms with Gasteiger partial charge in [-0.3, -0.25) is 4.79 Å². The van der Waals surface area contributed by atoms with Crippen molar-refractivity contribution < 1.29 is 4.79 Å². The Balaban J connectivity index is 1.89. The molecule has 0 aromatic heterocycles. The van der Waals surface area contributed by atoms with Crippen molar-refractivity contribution in [1.82, 2.24) is 10.6 Å². The largest absolute Gasteiger partial charge is 0.356 e. The molecule has 2 N–H and O–H groups in total. The van der Waals surface area contributed by atoms with E-state index >= 15 is 0 Å². The molecule has 112 valence electrons. The Kier molecular flexibility index (Phi) is 8.89. The minimum atomic E-state index is 0.224. The van der Waals surface area contributed by atoms with Gasteiger partial charge >= 0.3 is 0 Å². The van der Waals surface area contributed by atoms with Crippen molar-refractivity contribution in [3.05, 3.63) is 0 Å². The number of unbranched alkanes of at least 4 members (excludes halogenated alkanes) is 3. The molecule has 0 radical (unpaired) electrons. The molecule has 0 saturated carbocycles. The lowest BCUT2D eigenvalue weighted by Crippen LogP contribution is -2.38. The lowest BCUT2D eigenvalue weighted by atomic mass is 10.0. The van der Waals surface area contributed by atoms with Gasteiger partial charge in [0.25, 0.3) is 0 Å². The van der Waals surface area contributed by atoms with E-state index in [-0.39, 0.29) is 5.91 Å². The summed E-state index contributed by atoms with van der Waals surface area (Å²) in [7, 11) is 0. The minimum absolute atomic E-state index is 0.224. The van der Waals surface area contributed by atoms with Crippen LogP contribution in [0.5, 0.6) is 0 Å². The Morgan fingerprint density at radius 1 is 1.21 bits per heavy atom. The molecule has 0 spiro atoms. The van der Waals surface area contributed by atoms with Crippen LogP contribution in [0.2, 0.25) is 0 Å². The maximum absolute atomic E-state index is 11.7. The summed E-state index contributed by atoms with van der Waals surface area (Å²) in [6.45, 7) is 6.49. The summed E-state index contributed by atoms with van der Waals surface area (Å²) in [6, 6.07) is 0.416. The van der Waals surface area contributed by atoms with Gasteiger partial charge < -0.3 is 10.6 Å². The summed E-state index contributed by atoms with van der Waals surface area (Å²) in [5, 5.41) is 6.47. The summed E-state index contributed by atoms with van der Waals surface area (Å²) in [4.78, 5) is 11.7. The highest BCUT2D eigenvalue weighted by molar-refractivity contribution is 5.76. The first-order chi connectivity index (χ1) is 9.18. The van der Waals surface area contributed by atoms with Crippen LogP contribution < -0.4 is 10.6 Å². The van der Waals surface area contributed by atoms with Gasteiger partial charge in [0.15, 0.2) is 0 Å². The molecule has 1 heterocycles.